The van der Waals surface area contributed by atoms with Gasteiger partial charge in [-0.15, -0.1) is 0 Å². The highest BCUT2D eigenvalue weighted by molar-refractivity contribution is 9.10. The summed E-state index contributed by atoms with van der Waals surface area (Å²) < 4.78 is 6.05. The maximum atomic E-state index is 12.1. The lowest BCUT2D eigenvalue weighted by Gasteiger charge is -2.09. The molecule has 3 nitrogen and oxygen atoms in total. The molecule has 0 aliphatic rings. The normalized spacial score (nSPS) is 10.2. The van der Waals surface area contributed by atoms with Crippen LogP contribution in [0.15, 0.2) is 46.9 Å². The first-order chi connectivity index (χ1) is 9.63. The number of nitrogens with one attached hydrogen (secondary N) is 1. The number of anilines is 1. The van der Waals surface area contributed by atoms with Crippen molar-refractivity contribution < 1.29 is 9.53 Å². The number of hydrogen-bond donors (Lipinski definition) is 1. The van der Waals surface area contributed by atoms with Gasteiger partial charge in [0.25, 0.3) is 5.91 Å². The maximum absolute atomic E-state index is 12.1. The number of carbonyl (C=O) groups excluding carboxylic acids is 1. The summed E-state index contributed by atoms with van der Waals surface area (Å²) in [5.41, 5.74) is 2.45. The highest BCUT2D eigenvalue weighted by atomic mass is 79.9. The summed E-state index contributed by atoms with van der Waals surface area (Å²) in [6.45, 7) is 0. The van der Waals surface area contributed by atoms with Gasteiger partial charge in [-0.25, -0.2) is 0 Å². The number of rotatable bonds is 4. The van der Waals surface area contributed by atoms with Gasteiger partial charge in [0.2, 0.25) is 0 Å². The zero-order valence-electron chi connectivity index (χ0n) is 10.8. The summed E-state index contributed by atoms with van der Waals surface area (Å²) in [5, 5.41) is 3.62. The molecule has 0 unspecified atom stereocenters. The fraction of sp³-hybridized carbons (Fsp3) is 0.133. The Morgan fingerprint density at radius 2 is 1.90 bits per heavy atom. The second-order valence-corrected chi connectivity index (χ2v) is 5.55. The van der Waals surface area contributed by atoms with Crippen LogP contribution in [0.1, 0.15) is 15.9 Å². The van der Waals surface area contributed by atoms with E-state index in [1.807, 2.05) is 36.4 Å². The molecule has 0 saturated heterocycles. The molecule has 2 rings (SSSR count). The van der Waals surface area contributed by atoms with Gasteiger partial charge in [0.05, 0.1) is 11.6 Å². The maximum Gasteiger partial charge on any atom is 0.255 e. The summed E-state index contributed by atoms with van der Waals surface area (Å²) >= 11 is 6.75. The Hall–Kier alpha value is -1.33. The van der Waals surface area contributed by atoms with Crippen LogP contribution in [-0.2, 0) is 5.33 Å². The molecule has 2 aromatic carbocycles. The van der Waals surface area contributed by atoms with Crippen LogP contribution in [0.4, 0.5) is 5.69 Å². The van der Waals surface area contributed by atoms with Crippen molar-refractivity contribution in [2.75, 3.05) is 12.4 Å². The lowest BCUT2D eigenvalue weighted by atomic mass is 10.1. The third-order valence-corrected chi connectivity index (χ3v) is 4.08. The van der Waals surface area contributed by atoms with E-state index in [2.05, 4.69) is 37.2 Å². The first-order valence-corrected chi connectivity index (χ1v) is 7.85. The van der Waals surface area contributed by atoms with Crippen LogP contribution in [-0.4, -0.2) is 13.0 Å². The first-order valence-electron chi connectivity index (χ1n) is 5.94. The van der Waals surface area contributed by atoms with Gasteiger partial charge in [-0.05, 0) is 45.8 Å². The van der Waals surface area contributed by atoms with Crippen molar-refractivity contribution in [1.82, 2.24) is 0 Å². The molecule has 0 radical (unpaired) electrons. The van der Waals surface area contributed by atoms with Gasteiger partial charge >= 0.3 is 0 Å². The van der Waals surface area contributed by atoms with Gasteiger partial charge in [-0.2, -0.15) is 0 Å². The van der Waals surface area contributed by atoms with Gasteiger partial charge in [0, 0.05) is 22.6 Å². The molecule has 5 heteroatoms. The lowest BCUT2D eigenvalue weighted by molar-refractivity contribution is 0.102. The quantitative estimate of drug-likeness (QED) is 0.764. The number of hydrogen-bond acceptors (Lipinski definition) is 2. The Kier molecular flexibility index (Phi) is 5.20. The van der Waals surface area contributed by atoms with Crippen LogP contribution in [0.2, 0.25) is 0 Å². The van der Waals surface area contributed by atoms with Crippen molar-refractivity contribution in [3.8, 4) is 5.75 Å². The highest BCUT2D eigenvalue weighted by Crippen LogP contribution is 2.28. The average molecular weight is 399 g/mol. The predicted octanol–water partition coefficient (Wildman–Crippen LogP) is 4.60. The van der Waals surface area contributed by atoms with Gasteiger partial charge in [-0.1, -0.05) is 28.1 Å². The molecule has 0 atom stereocenters. The molecule has 20 heavy (non-hydrogen) atoms. The minimum absolute atomic E-state index is 0.143. The topological polar surface area (TPSA) is 38.3 Å². The Morgan fingerprint density at radius 3 is 2.50 bits per heavy atom. The minimum Gasteiger partial charge on any atom is -0.495 e. The Labute approximate surface area is 134 Å². The Balaban J connectivity index is 2.14. The fourth-order valence-electron chi connectivity index (χ4n) is 1.69. The molecule has 0 aromatic heterocycles. The fourth-order valence-corrected chi connectivity index (χ4v) is 2.47. The van der Waals surface area contributed by atoms with E-state index in [1.54, 1.807) is 13.2 Å². The molecule has 0 heterocycles. The molecule has 104 valence electrons. The van der Waals surface area contributed by atoms with E-state index in [-0.39, 0.29) is 5.91 Å². The second-order valence-electron chi connectivity index (χ2n) is 4.13. The minimum atomic E-state index is -0.143. The summed E-state index contributed by atoms with van der Waals surface area (Å²) in [6.07, 6.45) is 0. The number of alkyl halides is 1. The van der Waals surface area contributed by atoms with E-state index in [0.717, 1.165) is 15.4 Å². The summed E-state index contributed by atoms with van der Waals surface area (Å²) in [7, 11) is 1.59. The number of ether oxygens (including phenoxy) is 1. The molecule has 0 saturated carbocycles. The van der Waals surface area contributed by atoms with Crippen molar-refractivity contribution in [2.45, 2.75) is 5.33 Å². The number of benzene rings is 2. The SMILES string of the molecule is COc1cc(NC(=O)c2ccc(CBr)cc2)ccc1Br. The monoisotopic (exact) mass is 397 g/mol. The second kappa shape index (κ2) is 6.90. The van der Waals surface area contributed by atoms with Gasteiger partial charge in [-0.3, -0.25) is 4.79 Å². The Bertz CT molecular complexity index is 612. The molecule has 0 bridgehead atoms. The van der Waals surface area contributed by atoms with Crippen LogP contribution in [0.3, 0.4) is 0 Å². The molecule has 0 fully saturated rings. The summed E-state index contributed by atoms with van der Waals surface area (Å²) in [5.74, 6) is 0.535. The largest absolute Gasteiger partial charge is 0.495 e. The number of halogens is 2. The number of amides is 1. The molecular weight excluding hydrogens is 386 g/mol. The molecule has 0 spiro atoms. The van der Waals surface area contributed by atoms with Gasteiger partial charge < -0.3 is 10.1 Å². The zero-order valence-corrected chi connectivity index (χ0v) is 14.0. The third-order valence-electron chi connectivity index (χ3n) is 2.78. The van der Waals surface area contributed by atoms with E-state index in [1.165, 1.54) is 0 Å². The molecule has 1 N–H and O–H groups in total. The molecule has 0 aliphatic carbocycles. The van der Waals surface area contributed by atoms with Crippen molar-refractivity contribution in [1.29, 1.82) is 0 Å². The first kappa shape index (κ1) is 15.1. The number of methoxy groups -OCH3 is 1. The van der Waals surface area contributed by atoms with Gasteiger partial charge in [0.1, 0.15) is 5.75 Å². The average Bonchev–Trinajstić information content (AvgIpc) is 2.49. The van der Waals surface area contributed by atoms with Crippen LogP contribution in [0.25, 0.3) is 0 Å². The smallest absolute Gasteiger partial charge is 0.255 e. The summed E-state index contributed by atoms with van der Waals surface area (Å²) in [4.78, 5) is 12.1. The van der Waals surface area contributed by atoms with Crippen molar-refractivity contribution in [3.63, 3.8) is 0 Å². The predicted molar refractivity (Wildman–Crippen MR) is 87.7 cm³/mol. The molecular formula is C15H13Br2NO2. The van der Waals surface area contributed by atoms with E-state index >= 15 is 0 Å². The Morgan fingerprint density at radius 1 is 1.20 bits per heavy atom. The molecule has 0 aliphatic heterocycles. The van der Waals surface area contributed by atoms with Crippen LogP contribution in [0, 0.1) is 0 Å². The zero-order chi connectivity index (χ0) is 14.5. The standard InChI is InChI=1S/C15H13Br2NO2/c1-20-14-8-12(6-7-13(14)17)18-15(19)11-4-2-10(9-16)3-5-11/h2-8H,9H2,1H3,(H,18,19). The third kappa shape index (κ3) is 3.61. The molecule has 2 aromatic rings. The lowest BCUT2D eigenvalue weighted by Crippen LogP contribution is -2.11. The van der Waals surface area contributed by atoms with Crippen LogP contribution in [0.5, 0.6) is 5.75 Å². The van der Waals surface area contributed by atoms with Crippen LogP contribution < -0.4 is 10.1 Å². The van der Waals surface area contributed by atoms with Gasteiger partial charge in [0.15, 0.2) is 0 Å². The van der Waals surface area contributed by atoms with E-state index in [4.69, 9.17) is 4.74 Å². The van der Waals surface area contributed by atoms with E-state index < -0.39 is 0 Å². The van der Waals surface area contributed by atoms with E-state index in [0.29, 0.717) is 17.0 Å². The van der Waals surface area contributed by atoms with Crippen molar-refractivity contribution in [2.24, 2.45) is 0 Å². The number of carbonyl (C=O) groups is 1. The summed E-state index contributed by atoms with van der Waals surface area (Å²) in [6, 6.07) is 12.9. The highest BCUT2D eigenvalue weighted by Gasteiger charge is 2.08. The van der Waals surface area contributed by atoms with Crippen molar-refractivity contribution >= 4 is 43.5 Å². The van der Waals surface area contributed by atoms with E-state index in [9.17, 15) is 4.79 Å². The molecule has 1 amide bonds. The van der Waals surface area contributed by atoms with Crippen LogP contribution >= 0.6 is 31.9 Å². The van der Waals surface area contributed by atoms with Crippen molar-refractivity contribution in [3.05, 3.63) is 58.1 Å².